The van der Waals surface area contributed by atoms with Gasteiger partial charge in [0.2, 0.25) is 5.88 Å². The van der Waals surface area contributed by atoms with E-state index in [1.54, 1.807) is 0 Å². The standard InChI is InChI=1S/C12H18N2O3/c1-2-17-12-5-3-4-11(13-12)14-6-7-16-9-10(14)8-15/h3-5,10,15H,2,6-9H2,1H3. The molecule has 1 aromatic heterocycles. The van der Waals surface area contributed by atoms with Gasteiger partial charge in [0.15, 0.2) is 0 Å². The molecule has 0 spiro atoms. The highest BCUT2D eigenvalue weighted by molar-refractivity contribution is 5.42. The van der Waals surface area contributed by atoms with Crippen LogP contribution in [0.4, 0.5) is 5.82 Å². The molecule has 1 aliphatic rings. The first kappa shape index (κ1) is 12.1. The predicted molar refractivity (Wildman–Crippen MR) is 64.4 cm³/mol. The first-order valence-electron chi connectivity index (χ1n) is 5.90. The van der Waals surface area contributed by atoms with Crippen molar-refractivity contribution in [3.05, 3.63) is 18.2 Å². The Hall–Kier alpha value is -1.33. The van der Waals surface area contributed by atoms with Gasteiger partial charge in [-0.05, 0) is 13.0 Å². The molecular weight excluding hydrogens is 220 g/mol. The first-order valence-corrected chi connectivity index (χ1v) is 5.90. The van der Waals surface area contributed by atoms with E-state index in [4.69, 9.17) is 9.47 Å². The van der Waals surface area contributed by atoms with Gasteiger partial charge in [0, 0.05) is 12.6 Å². The molecule has 1 saturated heterocycles. The van der Waals surface area contributed by atoms with Gasteiger partial charge in [-0.2, -0.15) is 4.98 Å². The highest BCUT2D eigenvalue weighted by Crippen LogP contribution is 2.20. The number of hydrogen-bond acceptors (Lipinski definition) is 5. The fraction of sp³-hybridized carbons (Fsp3) is 0.583. The maximum atomic E-state index is 9.31. The molecule has 0 saturated carbocycles. The van der Waals surface area contributed by atoms with Gasteiger partial charge in [0.25, 0.3) is 0 Å². The van der Waals surface area contributed by atoms with Crippen molar-refractivity contribution in [2.75, 3.05) is 37.9 Å². The molecule has 0 aromatic carbocycles. The quantitative estimate of drug-likeness (QED) is 0.836. The number of anilines is 1. The van der Waals surface area contributed by atoms with Crippen LogP contribution in [0.1, 0.15) is 6.92 Å². The average Bonchev–Trinajstić information content (AvgIpc) is 2.39. The third-order valence-electron chi connectivity index (χ3n) is 2.73. The van der Waals surface area contributed by atoms with E-state index in [1.807, 2.05) is 25.1 Å². The lowest BCUT2D eigenvalue weighted by molar-refractivity contribution is 0.0722. The molecule has 1 fully saturated rings. The Morgan fingerprint density at radius 2 is 2.47 bits per heavy atom. The van der Waals surface area contributed by atoms with E-state index in [0.717, 1.165) is 12.4 Å². The zero-order chi connectivity index (χ0) is 12.1. The summed E-state index contributed by atoms with van der Waals surface area (Å²) in [5, 5.41) is 9.31. The second kappa shape index (κ2) is 5.84. The molecule has 2 rings (SSSR count). The minimum Gasteiger partial charge on any atom is -0.478 e. The average molecular weight is 238 g/mol. The Labute approximate surface area is 101 Å². The van der Waals surface area contributed by atoms with Gasteiger partial charge >= 0.3 is 0 Å². The van der Waals surface area contributed by atoms with Crippen LogP contribution in [0.25, 0.3) is 0 Å². The van der Waals surface area contributed by atoms with Crippen LogP contribution in [0.5, 0.6) is 5.88 Å². The van der Waals surface area contributed by atoms with Crippen LogP contribution in [0.3, 0.4) is 0 Å². The van der Waals surface area contributed by atoms with Crippen molar-refractivity contribution in [1.29, 1.82) is 0 Å². The summed E-state index contributed by atoms with van der Waals surface area (Å²) in [5.74, 6) is 1.45. The molecule has 5 heteroatoms. The summed E-state index contributed by atoms with van der Waals surface area (Å²) in [6.07, 6.45) is 0. The van der Waals surface area contributed by atoms with Crippen LogP contribution in [0, 0.1) is 0 Å². The number of pyridine rings is 1. The molecule has 1 atom stereocenters. The number of rotatable bonds is 4. The third-order valence-corrected chi connectivity index (χ3v) is 2.73. The first-order chi connectivity index (χ1) is 8.35. The molecule has 2 heterocycles. The molecule has 0 amide bonds. The van der Waals surface area contributed by atoms with Crippen molar-refractivity contribution < 1.29 is 14.6 Å². The summed E-state index contributed by atoms with van der Waals surface area (Å²) in [4.78, 5) is 6.48. The smallest absolute Gasteiger partial charge is 0.215 e. The number of aliphatic hydroxyl groups excluding tert-OH is 1. The van der Waals surface area contributed by atoms with Crippen LogP contribution in [-0.2, 0) is 4.74 Å². The molecule has 1 aliphatic heterocycles. The zero-order valence-electron chi connectivity index (χ0n) is 10.0. The lowest BCUT2D eigenvalue weighted by atomic mass is 10.2. The lowest BCUT2D eigenvalue weighted by Gasteiger charge is -2.35. The van der Waals surface area contributed by atoms with Crippen molar-refractivity contribution in [2.24, 2.45) is 0 Å². The minimum atomic E-state index is -0.0203. The molecule has 17 heavy (non-hydrogen) atoms. The van der Waals surface area contributed by atoms with Gasteiger partial charge in [-0.15, -0.1) is 0 Å². The normalized spacial score (nSPS) is 20.4. The second-order valence-corrected chi connectivity index (χ2v) is 3.87. The van der Waals surface area contributed by atoms with E-state index in [-0.39, 0.29) is 12.6 Å². The number of aromatic nitrogens is 1. The summed E-state index contributed by atoms with van der Waals surface area (Å²) in [5.41, 5.74) is 0. The van der Waals surface area contributed by atoms with Gasteiger partial charge in [0.05, 0.1) is 32.5 Å². The molecular formula is C12H18N2O3. The van der Waals surface area contributed by atoms with E-state index in [1.165, 1.54) is 0 Å². The number of morpholine rings is 1. The number of hydrogen-bond donors (Lipinski definition) is 1. The monoisotopic (exact) mass is 238 g/mol. The Morgan fingerprint density at radius 3 is 3.24 bits per heavy atom. The van der Waals surface area contributed by atoms with Gasteiger partial charge in [-0.3, -0.25) is 0 Å². The van der Waals surface area contributed by atoms with Crippen molar-refractivity contribution in [2.45, 2.75) is 13.0 Å². The van der Waals surface area contributed by atoms with Crippen LogP contribution < -0.4 is 9.64 Å². The minimum absolute atomic E-state index is 0.0203. The molecule has 1 aromatic rings. The summed E-state index contributed by atoms with van der Waals surface area (Å²) in [6.45, 7) is 4.55. The molecule has 1 N–H and O–H groups in total. The van der Waals surface area contributed by atoms with Crippen molar-refractivity contribution in [3.8, 4) is 5.88 Å². The molecule has 0 bridgehead atoms. The Balaban J connectivity index is 2.16. The number of ether oxygens (including phenoxy) is 2. The van der Waals surface area contributed by atoms with Crippen molar-refractivity contribution in [1.82, 2.24) is 4.98 Å². The SMILES string of the molecule is CCOc1cccc(N2CCOCC2CO)n1. The van der Waals surface area contributed by atoms with Gasteiger partial charge in [-0.25, -0.2) is 0 Å². The lowest BCUT2D eigenvalue weighted by Crippen LogP contribution is -2.48. The highest BCUT2D eigenvalue weighted by atomic mass is 16.5. The Bertz CT molecular complexity index is 359. The molecule has 0 aliphatic carbocycles. The fourth-order valence-corrected chi connectivity index (χ4v) is 1.90. The molecule has 0 radical (unpaired) electrons. The summed E-state index contributed by atoms with van der Waals surface area (Å²) in [6, 6.07) is 5.66. The van der Waals surface area contributed by atoms with Crippen LogP contribution in [0.15, 0.2) is 18.2 Å². The van der Waals surface area contributed by atoms with Gasteiger partial charge in [0.1, 0.15) is 5.82 Å². The van der Waals surface area contributed by atoms with Gasteiger partial charge in [-0.1, -0.05) is 6.07 Å². The maximum Gasteiger partial charge on any atom is 0.215 e. The number of nitrogens with zero attached hydrogens (tertiary/aromatic N) is 2. The van der Waals surface area contributed by atoms with Crippen molar-refractivity contribution >= 4 is 5.82 Å². The Morgan fingerprint density at radius 1 is 1.59 bits per heavy atom. The summed E-state index contributed by atoms with van der Waals surface area (Å²) in [7, 11) is 0. The van der Waals surface area contributed by atoms with E-state index in [9.17, 15) is 5.11 Å². The highest BCUT2D eigenvalue weighted by Gasteiger charge is 2.23. The number of aliphatic hydroxyl groups is 1. The Kier molecular flexibility index (Phi) is 4.17. The van der Waals surface area contributed by atoms with E-state index in [0.29, 0.717) is 25.7 Å². The van der Waals surface area contributed by atoms with Crippen LogP contribution in [0.2, 0.25) is 0 Å². The van der Waals surface area contributed by atoms with E-state index >= 15 is 0 Å². The fourth-order valence-electron chi connectivity index (χ4n) is 1.90. The van der Waals surface area contributed by atoms with Crippen molar-refractivity contribution in [3.63, 3.8) is 0 Å². The van der Waals surface area contributed by atoms with Gasteiger partial charge < -0.3 is 19.5 Å². The molecule has 5 nitrogen and oxygen atoms in total. The van der Waals surface area contributed by atoms with Crippen LogP contribution in [-0.4, -0.2) is 49.1 Å². The van der Waals surface area contributed by atoms with Crippen LogP contribution >= 0.6 is 0 Å². The second-order valence-electron chi connectivity index (χ2n) is 3.87. The summed E-state index contributed by atoms with van der Waals surface area (Å²) < 4.78 is 10.7. The predicted octanol–water partition coefficient (Wildman–Crippen LogP) is 0.678. The largest absolute Gasteiger partial charge is 0.478 e. The maximum absolute atomic E-state index is 9.31. The zero-order valence-corrected chi connectivity index (χ0v) is 10.0. The van der Waals surface area contributed by atoms with E-state index < -0.39 is 0 Å². The molecule has 94 valence electrons. The topological polar surface area (TPSA) is 54.8 Å². The third kappa shape index (κ3) is 2.87. The molecule has 1 unspecified atom stereocenters. The summed E-state index contributed by atoms with van der Waals surface area (Å²) >= 11 is 0. The van der Waals surface area contributed by atoms with E-state index in [2.05, 4.69) is 9.88 Å².